The van der Waals surface area contributed by atoms with Gasteiger partial charge in [-0.2, -0.15) is 9.78 Å². The number of hydrogen-bond donors (Lipinski definition) is 0. The van der Waals surface area contributed by atoms with Gasteiger partial charge in [0.15, 0.2) is 0 Å². The fraction of sp³-hybridized carbons (Fsp3) is 0.292. The van der Waals surface area contributed by atoms with Crippen molar-refractivity contribution < 1.29 is 14.0 Å². The molecule has 2 amide bonds. The number of piperazine rings is 1. The highest BCUT2D eigenvalue weighted by molar-refractivity contribution is 5.92. The number of amides is 2. The molecule has 1 aromatic heterocycles. The van der Waals surface area contributed by atoms with Crippen LogP contribution in [0.2, 0.25) is 0 Å². The van der Waals surface area contributed by atoms with Gasteiger partial charge >= 0.3 is 5.69 Å². The lowest BCUT2D eigenvalue weighted by Crippen LogP contribution is -2.52. The van der Waals surface area contributed by atoms with Crippen molar-refractivity contribution in [3.63, 3.8) is 0 Å². The third-order valence-electron chi connectivity index (χ3n) is 5.81. The van der Waals surface area contributed by atoms with Crippen LogP contribution in [0.4, 0.5) is 4.39 Å². The van der Waals surface area contributed by atoms with Crippen molar-refractivity contribution in [2.24, 2.45) is 0 Å². The summed E-state index contributed by atoms with van der Waals surface area (Å²) in [6.07, 6.45) is 0. The first-order chi connectivity index (χ1) is 16.2. The molecule has 2 aromatic carbocycles. The first-order valence-electron chi connectivity index (χ1n) is 10.8. The maximum Gasteiger partial charge on any atom is 0.352 e. The fourth-order valence-electron chi connectivity index (χ4n) is 3.79. The van der Waals surface area contributed by atoms with Crippen molar-refractivity contribution in [3.05, 3.63) is 92.0 Å². The molecule has 0 N–H and O–H groups in total. The Morgan fingerprint density at radius 3 is 2.09 bits per heavy atom. The number of carbonyl (C=O) groups excluding carboxylic acids is 2. The smallest absolute Gasteiger partial charge is 0.339 e. The van der Waals surface area contributed by atoms with E-state index in [4.69, 9.17) is 0 Å². The summed E-state index contributed by atoms with van der Waals surface area (Å²) in [6, 6.07) is 12.4. The van der Waals surface area contributed by atoms with E-state index in [1.165, 1.54) is 36.1 Å². The maximum atomic E-state index is 13.3. The highest BCUT2D eigenvalue weighted by Crippen LogP contribution is 2.09. The summed E-state index contributed by atoms with van der Waals surface area (Å²) in [5.74, 6) is -1.13. The molecule has 176 valence electrons. The van der Waals surface area contributed by atoms with Crippen molar-refractivity contribution in [2.45, 2.75) is 20.4 Å². The minimum absolute atomic E-state index is 0.0835. The molecule has 0 saturated carbocycles. The normalized spacial score (nSPS) is 13.7. The van der Waals surface area contributed by atoms with Crippen LogP contribution in [0.3, 0.4) is 0 Å². The summed E-state index contributed by atoms with van der Waals surface area (Å²) in [5.41, 5.74) is -0.0305. The monoisotopic (exact) mass is 465 g/mol. The van der Waals surface area contributed by atoms with Crippen LogP contribution in [-0.4, -0.2) is 62.1 Å². The van der Waals surface area contributed by atoms with E-state index in [2.05, 4.69) is 5.10 Å². The lowest BCUT2D eigenvalue weighted by Gasteiger charge is -2.33. The summed E-state index contributed by atoms with van der Waals surface area (Å²) in [5, 5.41) is 4.16. The third-order valence-corrected chi connectivity index (χ3v) is 5.81. The van der Waals surface area contributed by atoms with Gasteiger partial charge in [-0.05, 0) is 36.8 Å². The molecule has 1 saturated heterocycles. The molecule has 4 rings (SSSR count). The van der Waals surface area contributed by atoms with Gasteiger partial charge in [0.05, 0.1) is 12.2 Å². The molecular weight excluding hydrogens is 441 g/mol. The molecule has 0 radical (unpaired) electrons. The molecule has 1 aliphatic rings. The highest BCUT2D eigenvalue weighted by atomic mass is 19.1. The molecule has 9 nitrogen and oxygen atoms in total. The van der Waals surface area contributed by atoms with Crippen LogP contribution in [0, 0.1) is 12.7 Å². The zero-order valence-electron chi connectivity index (χ0n) is 18.9. The Morgan fingerprint density at radius 2 is 1.50 bits per heavy atom. The number of aryl methyl sites for hydroxylation is 1. The number of halogens is 1. The van der Waals surface area contributed by atoms with Crippen LogP contribution in [0.5, 0.6) is 0 Å². The lowest BCUT2D eigenvalue weighted by atomic mass is 10.2. The van der Waals surface area contributed by atoms with Crippen molar-refractivity contribution in [1.29, 1.82) is 0 Å². The van der Waals surface area contributed by atoms with Crippen LogP contribution in [0.25, 0.3) is 5.69 Å². The van der Waals surface area contributed by atoms with Gasteiger partial charge in [0.25, 0.3) is 11.5 Å². The van der Waals surface area contributed by atoms with Crippen molar-refractivity contribution >= 4 is 11.8 Å². The molecular formula is C24H24FN5O4. The Hall–Kier alpha value is -4.08. The van der Waals surface area contributed by atoms with Crippen molar-refractivity contribution in [1.82, 2.24) is 24.1 Å². The zero-order chi connectivity index (χ0) is 24.4. The fourth-order valence-corrected chi connectivity index (χ4v) is 3.79. The van der Waals surface area contributed by atoms with Gasteiger partial charge in [-0.3, -0.25) is 19.0 Å². The molecule has 0 unspecified atom stereocenters. The van der Waals surface area contributed by atoms with Gasteiger partial charge in [0.1, 0.15) is 5.82 Å². The molecule has 1 aliphatic heterocycles. The molecule has 0 spiro atoms. The predicted molar refractivity (Wildman–Crippen MR) is 122 cm³/mol. The van der Waals surface area contributed by atoms with E-state index >= 15 is 0 Å². The topological polar surface area (TPSA) is 97.5 Å². The van der Waals surface area contributed by atoms with E-state index < -0.39 is 28.7 Å². The van der Waals surface area contributed by atoms with E-state index in [-0.39, 0.29) is 25.5 Å². The Morgan fingerprint density at radius 1 is 0.912 bits per heavy atom. The van der Waals surface area contributed by atoms with Crippen LogP contribution in [0.1, 0.15) is 28.5 Å². The summed E-state index contributed by atoms with van der Waals surface area (Å²) in [7, 11) is 0. The van der Waals surface area contributed by atoms with E-state index in [0.717, 1.165) is 14.8 Å². The SMILES string of the molecule is CC(=O)N1CCN(C(=O)c2nn(-c3ccc(C)cc3)c(=O)n(Cc3ccc(F)cc3)c2=O)CC1. The number of nitrogens with zero attached hydrogens (tertiary/aromatic N) is 5. The van der Waals surface area contributed by atoms with E-state index in [1.54, 1.807) is 29.2 Å². The van der Waals surface area contributed by atoms with Gasteiger partial charge in [-0.15, -0.1) is 0 Å². The van der Waals surface area contributed by atoms with Gasteiger partial charge in [-0.25, -0.2) is 9.18 Å². The number of carbonyl (C=O) groups is 2. The molecule has 0 aliphatic carbocycles. The first-order valence-corrected chi connectivity index (χ1v) is 10.8. The van der Waals surface area contributed by atoms with Crippen LogP contribution in [-0.2, 0) is 11.3 Å². The Labute approximate surface area is 194 Å². The maximum absolute atomic E-state index is 13.3. The van der Waals surface area contributed by atoms with Gasteiger partial charge in [0, 0.05) is 33.1 Å². The Kier molecular flexibility index (Phi) is 6.40. The van der Waals surface area contributed by atoms with Crippen molar-refractivity contribution in [3.8, 4) is 5.69 Å². The predicted octanol–water partition coefficient (Wildman–Crippen LogP) is 1.19. The zero-order valence-corrected chi connectivity index (χ0v) is 18.9. The number of rotatable bonds is 4. The van der Waals surface area contributed by atoms with E-state index in [1.807, 2.05) is 6.92 Å². The Balaban J connectivity index is 1.78. The minimum atomic E-state index is -0.823. The minimum Gasteiger partial charge on any atom is -0.339 e. The molecule has 10 heteroatoms. The molecule has 2 heterocycles. The van der Waals surface area contributed by atoms with E-state index in [9.17, 15) is 23.6 Å². The van der Waals surface area contributed by atoms with Crippen molar-refractivity contribution in [2.75, 3.05) is 26.2 Å². The first kappa shape index (κ1) is 23.1. The van der Waals surface area contributed by atoms with Crippen LogP contribution >= 0.6 is 0 Å². The summed E-state index contributed by atoms with van der Waals surface area (Å²) in [6.45, 7) is 4.41. The van der Waals surface area contributed by atoms with Gasteiger partial charge in [-0.1, -0.05) is 29.8 Å². The average Bonchev–Trinajstić information content (AvgIpc) is 2.83. The molecule has 0 bridgehead atoms. The average molecular weight is 465 g/mol. The molecule has 3 aromatic rings. The standard InChI is InChI=1S/C24H24FN5O4/c1-16-3-9-20(10-4-16)30-24(34)29(15-18-5-7-19(25)8-6-18)23(33)21(26-30)22(32)28-13-11-27(12-14-28)17(2)31/h3-10H,11-15H2,1-2H3. The summed E-state index contributed by atoms with van der Waals surface area (Å²) in [4.78, 5) is 54.4. The molecule has 1 fully saturated rings. The second-order valence-corrected chi connectivity index (χ2v) is 8.19. The second kappa shape index (κ2) is 9.42. The lowest BCUT2D eigenvalue weighted by molar-refractivity contribution is -0.130. The number of hydrogen-bond acceptors (Lipinski definition) is 5. The Bertz CT molecular complexity index is 1340. The third kappa shape index (κ3) is 4.66. The van der Waals surface area contributed by atoms with Gasteiger partial charge in [0.2, 0.25) is 11.6 Å². The molecule has 0 atom stereocenters. The number of aromatic nitrogens is 3. The largest absolute Gasteiger partial charge is 0.352 e. The quantitative estimate of drug-likeness (QED) is 0.577. The molecule has 34 heavy (non-hydrogen) atoms. The highest BCUT2D eigenvalue weighted by Gasteiger charge is 2.28. The number of benzene rings is 2. The second-order valence-electron chi connectivity index (χ2n) is 8.19. The van der Waals surface area contributed by atoms with Crippen LogP contribution < -0.4 is 11.2 Å². The summed E-state index contributed by atoms with van der Waals surface area (Å²) < 4.78 is 15.3. The van der Waals surface area contributed by atoms with Crippen LogP contribution in [0.15, 0.2) is 58.1 Å². The van der Waals surface area contributed by atoms with E-state index in [0.29, 0.717) is 24.3 Å². The van der Waals surface area contributed by atoms with Gasteiger partial charge < -0.3 is 9.80 Å². The summed E-state index contributed by atoms with van der Waals surface area (Å²) >= 11 is 0.